The highest BCUT2D eigenvalue weighted by atomic mass is 16.6. The first-order valence-electron chi connectivity index (χ1n) is 5.59. The number of nitro groups is 1. The molecule has 0 saturated carbocycles. The number of rotatable bonds is 4. The molecule has 0 aliphatic carbocycles. The van der Waals surface area contributed by atoms with Gasteiger partial charge in [0, 0.05) is 11.6 Å². The van der Waals surface area contributed by atoms with Crippen LogP contribution in [0.1, 0.15) is 11.1 Å². The molecule has 19 heavy (non-hydrogen) atoms. The Morgan fingerprint density at radius 1 is 1.37 bits per heavy atom. The first-order chi connectivity index (χ1) is 9.10. The number of hydrogen-bond donors (Lipinski definition) is 1. The summed E-state index contributed by atoms with van der Waals surface area (Å²) < 4.78 is 5.53. The fourth-order valence-corrected chi connectivity index (χ4v) is 1.53. The number of hydrogen-bond acceptors (Lipinski definition) is 5. The molecule has 0 atom stereocenters. The average molecular weight is 260 g/mol. The molecule has 0 aliphatic heterocycles. The number of benzene rings is 1. The Bertz CT molecular complexity index is 596. The van der Waals surface area contributed by atoms with Crippen LogP contribution in [0.4, 0.5) is 5.69 Å². The van der Waals surface area contributed by atoms with Crippen LogP contribution in [-0.4, -0.2) is 15.0 Å². The third kappa shape index (κ3) is 3.05. The van der Waals surface area contributed by atoms with Gasteiger partial charge in [-0.1, -0.05) is 12.1 Å². The number of pyridine rings is 1. The highest BCUT2D eigenvalue weighted by Crippen LogP contribution is 2.25. The molecule has 2 aromatic rings. The summed E-state index contributed by atoms with van der Waals surface area (Å²) in [7, 11) is 0. The second kappa shape index (κ2) is 5.45. The lowest BCUT2D eigenvalue weighted by Crippen LogP contribution is -1.95. The maximum absolute atomic E-state index is 10.6. The van der Waals surface area contributed by atoms with Gasteiger partial charge in [0.15, 0.2) is 0 Å². The van der Waals surface area contributed by atoms with E-state index in [2.05, 4.69) is 4.98 Å². The van der Waals surface area contributed by atoms with Crippen molar-refractivity contribution < 1.29 is 14.8 Å². The molecule has 0 bridgehead atoms. The number of aryl methyl sites for hydroxylation is 1. The summed E-state index contributed by atoms with van der Waals surface area (Å²) >= 11 is 0. The van der Waals surface area contributed by atoms with Crippen LogP contribution < -0.4 is 4.74 Å². The van der Waals surface area contributed by atoms with E-state index >= 15 is 0 Å². The van der Waals surface area contributed by atoms with Crippen molar-refractivity contribution in [3.05, 3.63) is 57.8 Å². The van der Waals surface area contributed by atoms with Gasteiger partial charge < -0.3 is 9.84 Å². The van der Waals surface area contributed by atoms with Gasteiger partial charge in [0.25, 0.3) is 5.69 Å². The molecular weight excluding hydrogens is 248 g/mol. The van der Waals surface area contributed by atoms with Crippen LogP contribution in [0.25, 0.3) is 0 Å². The van der Waals surface area contributed by atoms with Gasteiger partial charge >= 0.3 is 0 Å². The first kappa shape index (κ1) is 13.0. The molecule has 0 spiro atoms. The predicted octanol–water partition coefficient (Wildman–Crippen LogP) is 2.58. The molecular formula is C13H12N2O4. The second-order valence-electron chi connectivity index (χ2n) is 3.98. The van der Waals surface area contributed by atoms with Gasteiger partial charge in [0.2, 0.25) is 5.88 Å². The van der Waals surface area contributed by atoms with Gasteiger partial charge in [0.05, 0.1) is 11.5 Å². The van der Waals surface area contributed by atoms with E-state index in [1.54, 1.807) is 31.2 Å². The van der Waals surface area contributed by atoms with Crippen molar-refractivity contribution in [2.24, 2.45) is 0 Å². The number of nitrogens with zero attached hydrogens (tertiary/aromatic N) is 2. The van der Waals surface area contributed by atoms with Crippen molar-refractivity contribution in [3.63, 3.8) is 0 Å². The van der Waals surface area contributed by atoms with Gasteiger partial charge in [-0.15, -0.1) is 0 Å². The minimum atomic E-state index is -0.500. The van der Waals surface area contributed by atoms with E-state index in [0.717, 1.165) is 11.8 Å². The summed E-state index contributed by atoms with van der Waals surface area (Å²) in [6.45, 7) is 1.66. The fourth-order valence-electron chi connectivity index (χ4n) is 1.53. The third-order valence-corrected chi connectivity index (χ3v) is 2.55. The molecule has 6 heteroatoms. The van der Waals surface area contributed by atoms with Gasteiger partial charge in [-0.3, -0.25) is 10.1 Å². The molecule has 0 saturated heterocycles. The van der Waals surface area contributed by atoms with Gasteiger partial charge in [-0.2, -0.15) is 0 Å². The zero-order valence-corrected chi connectivity index (χ0v) is 10.2. The Morgan fingerprint density at radius 3 is 2.58 bits per heavy atom. The van der Waals surface area contributed by atoms with E-state index in [0.29, 0.717) is 17.2 Å². The van der Waals surface area contributed by atoms with E-state index < -0.39 is 4.92 Å². The monoisotopic (exact) mass is 260 g/mol. The van der Waals surface area contributed by atoms with E-state index in [1.807, 2.05) is 0 Å². The van der Waals surface area contributed by atoms with Crippen LogP contribution in [0.5, 0.6) is 11.6 Å². The third-order valence-electron chi connectivity index (χ3n) is 2.55. The highest BCUT2D eigenvalue weighted by molar-refractivity contribution is 5.39. The van der Waals surface area contributed by atoms with Crippen molar-refractivity contribution in [1.29, 1.82) is 0 Å². The molecule has 6 nitrogen and oxygen atoms in total. The van der Waals surface area contributed by atoms with Crippen molar-refractivity contribution in [1.82, 2.24) is 4.98 Å². The maximum atomic E-state index is 10.6. The molecule has 2 rings (SSSR count). The Hall–Kier alpha value is -2.47. The normalized spacial score (nSPS) is 10.2. The molecule has 0 aliphatic rings. The summed E-state index contributed by atoms with van der Waals surface area (Å²) in [5.41, 5.74) is 1.29. The van der Waals surface area contributed by atoms with Crippen LogP contribution in [0.2, 0.25) is 0 Å². The van der Waals surface area contributed by atoms with Crippen LogP contribution in [0.15, 0.2) is 36.5 Å². The van der Waals surface area contributed by atoms with E-state index in [4.69, 9.17) is 9.84 Å². The van der Waals surface area contributed by atoms with Crippen LogP contribution in [0.3, 0.4) is 0 Å². The standard InChI is InChI=1S/C13H12N2O4/c1-9-6-11(15(17)18)7-14-13(9)19-12-4-2-10(8-16)3-5-12/h2-7,16H,8H2,1H3. The number of aliphatic hydroxyl groups is 1. The van der Waals surface area contributed by atoms with Gasteiger partial charge in [-0.25, -0.2) is 4.98 Å². The summed E-state index contributed by atoms with van der Waals surface area (Å²) in [5, 5.41) is 19.5. The van der Waals surface area contributed by atoms with E-state index in [9.17, 15) is 10.1 Å². The Labute approximate surface area is 109 Å². The second-order valence-corrected chi connectivity index (χ2v) is 3.98. The summed E-state index contributed by atoms with van der Waals surface area (Å²) in [6, 6.07) is 8.28. The highest BCUT2D eigenvalue weighted by Gasteiger charge is 2.10. The molecule has 0 fully saturated rings. The molecule has 98 valence electrons. The largest absolute Gasteiger partial charge is 0.439 e. The Kier molecular flexibility index (Phi) is 3.72. The first-order valence-corrected chi connectivity index (χ1v) is 5.59. The van der Waals surface area contributed by atoms with E-state index in [1.165, 1.54) is 6.07 Å². The molecule has 1 heterocycles. The van der Waals surface area contributed by atoms with Crippen LogP contribution >= 0.6 is 0 Å². The average Bonchev–Trinajstić information content (AvgIpc) is 2.41. The molecule has 1 aromatic carbocycles. The molecule has 1 aromatic heterocycles. The van der Waals surface area contributed by atoms with Crippen molar-refractivity contribution in [2.75, 3.05) is 0 Å². The lowest BCUT2D eigenvalue weighted by molar-refractivity contribution is -0.385. The maximum Gasteiger partial charge on any atom is 0.288 e. The molecule has 0 amide bonds. The van der Waals surface area contributed by atoms with Crippen molar-refractivity contribution >= 4 is 5.69 Å². The lowest BCUT2D eigenvalue weighted by atomic mass is 10.2. The quantitative estimate of drug-likeness (QED) is 0.674. The number of aliphatic hydroxyl groups excluding tert-OH is 1. The van der Waals surface area contributed by atoms with E-state index in [-0.39, 0.29) is 12.3 Å². The number of aromatic nitrogens is 1. The number of ether oxygens (including phenoxy) is 1. The molecule has 1 N–H and O–H groups in total. The zero-order chi connectivity index (χ0) is 13.8. The molecule has 0 radical (unpaired) electrons. The van der Waals surface area contributed by atoms with Crippen molar-refractivity contribution in [3.8, 4) is 11.6 Å². The lowest BCUT2D eigenvalue weighted by Gasteiger charge is -2.07. The van der Waals surface area contributed by atoms with Crippen LogP contribution in [0, 0.1) is 17.0 Å². The fraction of sp³-hybridized carbons (Fsp3) is 0.154. The summed E-state index contributed by atoms with van der Waals surface area (Å²) in [6.07, 6.45) is 1.16. The topological polar surface area (TPSA) is 85.5 Å². The smallest absolute Gasteiger partial charge is 0.288 e. The SMILES string of the molecule is Cc1cc([N+](=O)[O-])cnc1Oc1ccc(CO)cc1. The molecule has 0 unspecified atom stereocenters. The van der Waals surface area contributed by atoms with Gasteiger partial charge in [0.1, 0.15) is 11.9 Å². The van der Waals surface area contributed by atoms with Crippen molar-refractivity contribution in [2.45, 2.75) is 13.5 Å². The van der Waals surface area contributed by atoms with Gasteiger partial charge in [-0.05, 0) is 24.6 Å². The summed E-state index contributed by atoms with van der Waals surface area (Å²) in [4.78, 5) is 14.0. The zero-order valence-electron chi connectivity index (χ0n) is 10.2. The minimum absolute atomic E-state index is 0.0326. The Morgan fingerprint density at radius 2 is 2.05 bits per heavy atom. The minimum Gasteiger partial charge on any atom is -0.439 e. The van der Waals surface area contributed by atoms with Crippen LogP contribution in [-0.2, 0) is 6.61 Å². The predicted molar refractivity (Wildman–Crippen MR) is 68.1 cm³/mol. The Balaban J connectivity index is 2.20. The summed E-state index contributed by atoms with van der Waals surface area (Å²) in [5.74, 6) is 0.879.